The SMILES string of the molecule is [2H]C([2H])([2H])N1C([2H])([2H])C([2H])([2H])C([2H])([2H])[C@]1([2H])C([2H])([2H])C([2H])([2H])O[C@](c1ccccc1)(c1ccc(Cl)cc1)C([2H])([2H])[2H]. The Morgan fingerprint density at radius 1 is 1.29 bits per heavy atom. The van der Waals surface area contributed by atoms with E-state index in [0.29, 0.717) is 0 Å². The van der Waals surface area contributed by atoms with Crippen LogP contribution in [0.5, 0.6) is 0 Å². The maximum absolute atomic E-state index is 8.82. The van der Waals surface area contributed by atoms with E-state index in [1.807, 2.05) is 0 Å². The van der Waals surface area contributed by atoms with Crippen molar-refractivity contribution in [3.05, 3.63) is 70.7 Å². The average Bonchev–Trinajstić information content (AvgIpc) is 2.89. The van der Waals surface area contributed by atoms with Crippen molar-refractivity contribution in [1.82, 2.24) is 4.90 Å². The molecule has 2 aromatic rings. The Morgan fingerprint density at radius 3 is 2.75 bits per heavy atom. The summed E-state index contributed by atoms with van der Waals surface area (Å²) in [6, 6.07) is 7.43. The van der Waals surface area contributed by atoms with Crippen LogP contribution in [0.15, 0.2) is 54.6 Å². The lowest BCUT2D eigenvalue weighted by atomic mass is 9.88. The summed E-state index contributed by atoms with van der Waals surface area (Å²) in [5, 5.41) is 0.154. The highest BCUT2D eigenvalue weighted by atomic mass is 35.5. The topological polar surface area (TPSA) is 12.5 Å². The van der Waals surface area contributed by atoms with Gasteiger partial charge in [-0.15, -0.1) is 0 Å². The molecule has 1 fully saturated rings. The minimum absolute atomic E-state index is 0.154. The van der Waals surface area contributed by atoms with Gasteiger partial charge in [0.1, 0.15) is 5.60 Å². The van der Waals surface area contributed by atoms with Crippen LogP contribution in [0, 0.1) is 0 Å². The molecule has 0 radical (unpaired) electrons. The van der Waals surface area contributed by atoms with E-state index in [2.05, 4.69) is 0 Å². The maximum Gasteiger partial charge on any atom is 0.115 e. The number of nitrogens with zero attached hydrogens (tertiary/aromatic N) is 1. The molecule has 2 atom stereocenters. The number of benzene rings is 2. The van der Waals surface area contributed by atoms with Gasteiger partial charge in [0, 0.05) is 38.2 Å². The highest BCUT2D eigenvalue weighted by molar-refractivity contribution is 6.30. The van der Waals surface area contributed by atoms with Crippen LogP contribution < -0.4 is 0 Å². The number of hydrogen-bond acceptors (Lipinski definition) is 2. The second-order valence-electron chi connectivity index (χ2n) is 4.93. The van der Waals surface area contributed by atoms with Crippen molar-refractivity contribution in [2.45, 2.75) is 37.6 Å². The first kappa shape index (κ1) is 6.12. The Balaban J connectivity index is 2.39. The van der Waals surface area contributed by atoms with E-state index in [-0.39, 0.29) is 16.1 Å². The fraction of sp³-hybridized carbons (Fsp3) is 0.429. The summed E-state index contributed by atoms with van der Waals surface area (Å²) in [7, 11) is 0. The van der Waals surface area contributed by atoms with E-state index in [9.17, 15) is 0 Å². The van der Waals surface area contributed by atoms with Crippen LogP contribution in [-0.2, 0) is 10.3 Å². The van der Waals surface area contributed by atoms with Crippen LogP contribution in [-0.4, -0.2) is 30.9 Å². The van der Waals surface area contributed by atoms with Crippen molar-refractivity contribution in [2.75, 3.05) is 20.0 Å². The predicted molar refractivity (Wildman–Crippen MR) is 101 cm³/mol. The monoisotopic (exact) mass is 360 g/mol. The molecular weight excluding hydrogens is 318 g/mol. The molecule has 2 nitrogen and oxygen atoms in total. The first-order valence-corrected chi connectivity index (χ1v) is 7.38. The summed E-state index contributed by atoms with van der Waals surface area (Å²) in [5.41, 5.74) is -3.37. The molecule has 0 saturated carbocycles. The van der Waals surface area contributed by atoms with Crippen LogP contribution in [0.2, 0.25) is 5.02 Å². The van der Waals surface area contributed by atoms with Crippen molar-refractivity contribution < 1.29 is 28.0 Å². The van der Waals surface area contributed by atoms with Gasteiger partial charge in [0.25, 0.3) is 0 Å². The smallest absolute Gasteiger partial charge is 0.115 e. The fourth-order valence-corrected chi connectivity index (χ4v) is 2.26. The molecule has 3 heteroatoms. The van der Waals surface area contributed by atoms with Gasteiger partial charge in [-0.2, -0.15) is 0 Å². The molecule has 3 rings (SSSR count). The standard InChI is InChI=1S/C21H26ClNO/c1-21(17-7-4-3-5-8-17,18-10-12-19(22)13-11-18)24-16-14-20-9-6-15-23(20)2/h3-5,7-8,10-13,20H,6,9,14-16H2,1-2H3/t20-,21-/m1/s1/i1D3,2D3,6D2,9D2,14D2,15D2,16D2,20D. The van der Waals surface area contributed by atoms with Gasteiger partial charge in [-0.3, -0.25) is 0 Å². The molecule has 1 heterocycles. The largest absolute Gasteiger partial charge is 0.366 e. The maximum atomic E-state index is 8.82. The van der Waals surface area contributed by atoms with E-state index in [1.54, 1.807) is 0 Å². The molecular formula is C21H26ClNO. The molecule has 0 aliphatic carbocycles. The first-order chi connectivity index (χ1) is 18.2. The second-order valence-corrected chi connectivity index (χ2v) is 5.37. The zero-order valence-electron chi connectivity index (χ0n) is 29.4. The highest BCUT2D eigenvalue weighted by Gasteiger charge is 2.30. The number of likely N-dealkylation sites (tertiary alicyclic amines) is 1. The molecule has 1 saturated heterocycles. The van der Waals surface area contributed by atoms with E-state index >= 15 is 0 Å². The van der Waals surface area contributed by atoms with Crippen molar-refractivity contribution in [1.29, 1.82) is 0 Å². The van der Waals surface area contributed by atoms with Gasteiger partial charge in [0.05, 0.1) is 2.74 Å². The number of ether oxygens (including phenoxy) is 1. The third-order valence-corrected chi connectivity index (χ3v) is 3.63. The van der Waals surface area contributed by atoms with Gasteiger partial charge in [-0.25, -0.2) is 0 Å². The zero-order chi connectivity index (χ0) is 31.9. The molecule has 1 aliphatic rings. The molecule has 0 aromatic heterocycles. The van der Waals surface area contributed by atoms with Crippen LogP contribution >= 0.6 is 11.6 Å². The zero-order valence-corrected chi connectivity index (χ0v) is 13.2. The molecule has 0 bridgehead atoms. The third kappa shape index (κ3) is 3.83. The van der Waals surface area contributed by atoms with E-state index in [4.69, 9.17) is 39.6 Å². The Hall–Kier alpha value is -1.35. The van der Waals surface area contributed by atoms with E-state index in [1.165, 1.54) is 54.6 Å². The van der Waals surface area contributed by atoms with E-state index < -0.39 is 62.5 Å². The molecule has 0 unspecified atom stereocenters. The molecule has 0 spiro atoms. The van der Waals surface area contributed by atoms with Crippen LogP contribution in [0.3, 0.4) is 0 Å². The summed E-state index contributed by atoms with van der Waals surface area (Å²) in [5.74, 6) is 0. The molecule has 0 N–H and O–H groups in total. The van der Waals surface area contributed by atoms with Crippen molar-refractivity contribution in [3.8, 4) is 0 Å². The minimum Gasteiger partial charge on any atom is -0.366 e. The highest BCUT2D eigenvalue weighted by Crippen LogP contribution is 2.34. The Kier molecular flexibility index (Phi) is 1.96. The minimum atomic E-state index is -4.27. The summed E-state index contributed by atoms with van der Waals surface area (Å²) in [6.07, 6.45) is -12.2. The van der Waals surface area contributed by atoms with Crippen molar-refractivity contribution in [3.63, 3.8) is 0 Å². The molecule has 24 heavy (non-hydrogen) atoms. The quantitative estimate of drug-likeness (QED) is 0.710. The van der Waals surface area contributed by atoms with E-state index in [0.717, 1.165) is 0 Å². The van der Waals surface area contributed by atoms with Gasteiger partial charge < -0.3 is 9.64 Å². The van der Waals surface area contributed by atoms with Crippen molar-refractivity contribution in [2.24, 2.45) is 0 Å². The Labute approximate surface area is 174 Å². The number of halogens is 1. The fourth-order valence-electron chi connectivity index (χ4n) is 2.13. The first-order valence-electron chi connectivity index (χ1n) is 15.5. The normalized spacial score (nSPS) is 43.0. The van der Waals surface area contributed by atoms with Crippen LogP contribution in [0.25, 0.3) is 0 Å². The molecule has 0 amide bonds. The molecule has 1 aliphatic heterocycles. The lowest BCUT2D eigenvalue weighted by molar-refractivity contribution is -0.0117. The Bertz CT molecular complexity index is 1260. The molecule has 2 aromatic carbocycles. The Morgan fingerprint density at radius 2 is 2.04 bits per heavy atom. The van der Waals surface area contributed by atoms with Crippen LogP contribution in [0.1, 0.15) is 60.4 Å². The summed E-state index contributed by atoms with van der Waals surface area (Å²) >= 11 is 5.96. The summed E-state index contributed by atoms with van der Waals surface area (Å²) in [6.45, 7) is -15.2. The lowest BCUT2D eigenvalue weighted by Gasteiger charge is -2.32. The second kappa shape index (κ2) is 7.69. The number of hydrogen-bond donors (Lipinski definition) is 0. The average molecular weight is 361 g/mol. The van der Waals surface area contributed by atoms with Gasteiger partial charge in [-0.1, -0.05) is 54.1 Å². The van der Waals surface area contributed by atoms with Crippen LogP contribution in [0.4, 0.5) is 0 Å². The van der Waals surface area contributed by atoms with Gasteiger partial charge in [0.15, 0.2) is 0 Å². The number of rotatable bonds is 6. The van der Waals surface area contributed by atoms with Gasteiger partial charge in [0.2, 0.25) is 0 Å². The van der Waals surface area contributed by atoms with Crippen molar-refractivity contribution >= 4 is 11.6 Å². The van der Waals surface area contributed by atoms with Gasteiger partial charge >= 0.3 is 0 Å². The predicted octanol–water partition coefficient (Wildman–Crippen LogP) is 5.10. The molecule has 128 valence electrons. The van der Waals surface area contributed by atoms with Gasteiger partial charge in [-0.05, 0) is 62.7 Å². The summed E-state index contributed by atoms with van der Waals surface area (Å²) < 4.78 is 147. The third-order valence-electron chi connectivity index (χ3n) is 3.38. The lowest BCUT2D eigenvalue weighted by Crippen LogP contribution is -2.31. The summed E-state index contributed by atoms with van der Waals surface area (Å²) in [4.78, 5) is -0.671.